The van der Waals surface area contributed by atoms with E-state index in [4.69, 9.17) is 11.2 Å². The van der Waals surface area contributed by atoms with E-state index in [1.165, 1.54) is 0 Å². The standard InChI is InChI=1S/C13H14O2/c1-3-11(10-13(14)15-4-2)12-8-6-5-7-9-12/h1,5-9,11H,4,10H2,2H3. The molecule has 0 aliphatic heterocycles. The van der Waals surface area contributed by atoms with E-state index in [0.29, 0.717) is 6.61 Å². The highest BCUT2D eigenvalue weighted by Gasteiger charge is 2.13. The van der Waals surface area contributed by atoms with Crippen molar-refractivity contribution < 1.29 is 9.53 Å². The van der Waals surface area contributed by atoms with Gasteiger partial charge in [-0.05, 0) is 12.5 Å². The Morgan fingerprint density at radius 2 is 2.13 bits per heavy atom. The van der Waals surface area contributed by atoms with E-state index >= 15 is 0 Å². The van der Waals surface area contributed by atoms with Gasteiger partial charge in [-0.3, -0.25) is 4.79 Å². The minimum absolute atomic E-state index is 0.190. The van der Waals surface area contributed by atoms with Crippen molar-refractivity contribution in [1.82, 2.24) is 0 Å². The number of hydrogen-bond donors (Lipinski definition) is 0. The van der Waals surface area contributed by atoms with Crippen LogP contribution in [0.5, 0.6) is 0 Å². The molecule has 1 unspecified atom stereocenters. The Labute approximate surface area is 90.3 Å². The maximum Gasteiger partial charge on any atom is 0.307 e. The summed E-state index contributed by atoms with van der Waals surface area (Å²) in [5.41, 5.74) is 0.980. The number of ether oxygens (including phenoxy) is 1. The van der Waals surface area contributed by atoms with Crippen LogP contribution in [0.25, 0.3) is 0 Å². The number of benzene rings is 1. The summed E-state index contributed by atoms with van der Waals surface area (Å²) in [6.45, 7) is 2.18. The van der Waals surface area contributed by atoms with Gasteiger partial charge >= 0.3 is 5.97 Å². The molecule has 0 aliphatic rings. The molecule has 2 nitrogen and oxygen atoms in total. The highest BCUT2D eigenvalue weighted by molar-refractivity contribution is 5.71. The van der Waals surface area contributed by atoms with Crippen molar-refractivity contribution in [3.05, 3.63) is 35.9 Å². The predicted molar refractivity (Wildman–Crippen MR) is 59.3 cm³/mol. The summed E-state index contributed by atoms with van der Waals surface area (Å²) in [5.74, 6) is 2.17. The maximum absolute atomic E-state index is 11.3. The highest BCUT2D eigenvalue weighted by Crippen LogP contribution is 2.18. The van der Waals surface area contributed by atoms with Crippen LogP contribution < -0.4 is 0 Å². The lowest BCUT2D eigenvalue weighted by molar-refractivity contribution is -0.143. The Morgan fingerprint density at radius 1 is 1.47 bits per heavy atom. The first kappa shape index (κ1) is 11.3. The second-order valence-corrected chi connectivity index (χ2v) is 3.14. The molecule has 0 amide bonds. The molecule has 78 valence electrons. The van der Waals surface area contributed by atoms with Crippen molar-refractivity contribution in [2.45, 2.75) is 19.3 Å². The third kappa shape index (κ3) is 3.47. The summed E-state index contributed by atoms with van der Waals surface area (Å²) in [6, 6.07) is 9.57. The normalized spacial score (nSPS) is 11.5. The zero-order valence-corrected chi connectivity index (χ0v) is 8.77. The van der Waals surface area contributed by atoms with E-state index in [0.717, 1.165) is 5.56 Å². The van der Waals surface area contributed by atoms with E-state index in [1.54, 1.807) is 6.92 Å². The minimum atomic E-state index is -0.246. The molecule has 1 aromatic carbocycles. The van der Waals surface area contributed by atoms with Gasteiger partial charge in [-0.15, -0.1) is 6.42 Å². The van der Waals surface area contributed by atoms with Gasteiger partial charge in [-0.1, -0.05) is 36.3 Å². The highest BCUT2D eigenvalue weighted by atomic mass is 16.5. The molecule has 1 atom stereocenters. The number of hydrogen-bond acceptors (Lipinski definition) is 2. The second-order valence-electron chi connectivity index (χ2n) is 3.14. The summed E-state index contributed by atoms with van der Waals surface area (Å²) in [6.07, 6.45) is 5.64. The van der Waals surface area contributed by atoms with Gasteiger partial charge in [0, 0.05) is 0 Å². The Balaban J connectivity index is 2.66. The maximum atomic E-state index is 11.3. The molecule has 0 radical (unpaired) electrons. The van der Waals surface area contributed by atoms with E-state index in [2.05, 4.69) is 5.92 Å². The summed E-state index contributed by atoms with van der Waals surface area (Å²) >= 11 is 0. The van der Waals surface area contributed by atoms with Crippen molar-refractivity contribution in [1.29, 1.82) is 0 Å². The SMILES string of the molecule is C#CC(CC(=O)OCC)c1ccccc1. The van der Waals surface area contributed by atoms with Crippen LogP contribution in [0.3, 0.4) is 0 Å². The minimum Gasteiger partial charge on any atom is -0.466 e. The lowest BCUT2D eigenvalue weighted by Crippen LogP contribution is -2.09. The lowest BCUT2D eigenvalue weighted by Gasteiger charge is -2.09. The van der Waals surface area contributed by atoms with E-state index < -0.39 is 0 Å². The van der Waals surface area contributed by atoms with E-state index in [1.807, 2.05) is 30.3 Å². The Hall–Kier alpha value is -1.75. The zero-order valence-electron chi connectivity index (χ0n) is 8.77. The molecule has 15 heavy (non-hydrogen) atoms. The monoisotopic (exact) mass is 202 g/mol. The smallest absolute Gasteiger partial charge is 0.307 e. The third-order valence-electron chi connectivity index (χ3n) is 2.08. The molecule has 0 fully saturated rings. The van der Waals surface area contributed by atoms with Crippen molar-refractivity contribution in [2.75, 3.05) is 6.61 Å². The predicted octanol–water partition coefficient (Wildman–Crippen LogP) is 2.36. The van der Waals surface area contributed by atoms with Crippen molar-refractivity contribution >= 4 is 5.97 Å². The van der Waals surface area contributed by atoms with Crippen LogP contribution in [0.2, 0.25) is 0 Å². The quantitative estimate of drug-likeness (QED) is 0.553. The topological polar surface area (TPSA) is 26.3 Å². The average Bonchev–Trinajstić information content (AvgIpc) is 2.27. The number of carbonyl (C=O) groups is 1. The molecule has 0 spiro atoms. The summed E-state index contributed by atoms with van der Waals surface area (Å²) in [4.78, 5) is 11.3. The molecule has 0 saturated carbocycles. The number of carbonyl (C=O) groups excluding carboxylic acids is 1. The Kier molecular flexibility index (Phi) is 4.43. The summed E-state index contributed by atoms with van der Waals surface area (Å²) in [7, 11) is 0. The van der Waals surface area contributed by atoms with Gasteiger partial charge in [0.05, 0.1) is 18.9 Å². The molecule has 0 bridgehead atoms. The molecule has 2 heteroatoms. The average molecular weight is 202 g/mol. The summed E-state index contributed by atoms with van der Waals surface area (Å²) < 4.78 is 4.86. The molecule has 0 aromatic heterocycles. The Morgan fingerprint density at radius 3 is 2.67 bits per heavy atom. The Bertz CT molecular complexity index is 349. The van der Waals surface area contributed by atoms with Crippen LogP contribution in [-0.2, 0) is 9.53 Å². The van der Waals surface area contributed by atoms with Crippen LogP contribution in [0.15, 0.2) is 30.3 Å². The second kappa shape index (κ2) is 5.87. The third-order valence-corrected chi connectivity index (χ3v) is 2.08. The molecule has 0 heterocycles. The number of rotatable bonds is 4. The molecular formula is C13H14O2. The fraction of sp³-hybridized carbons (Fsp3) is 0.308. The fourth-order valence-corrected chi connectivity index (χ4v) is 1.34. The van der Waals surface area contributed by atoms with Crippen molar-refractivity contribution in [3.8, 4) is 12.3 Å². The lowest BCUT2D eigenvalue weighted by atomic mass is 9.97. The van der Waals surface area contributed by atoms with Gasteiger partial charge in [0.25, 0.3) is 0 Å². The van der Waals surface area contributed by atoms with Crippen molar-refractivity contribution in [3.63, 3.8) is 0 Å². The van der Waals surface area contributed by atoms with Crippen LogP contribution in [-0.4, -0.2) is 12.6 Å². The van der Waals surface area contributed by atoms with Crippen molar-refractivity contribution in [2.24, 2.45) is 0 Å². The van der Waals surface area contributed by atoms with Gasteiger partial charge in [0.1, 0.15) is 0 Å². The van der Waals surface area contributed by atoms with Crippen LogP contribution in [0.1, 0.15) is 24.8 Å². The zero-order chi connectivity index (χ0) is 11.1. The van der Waals surface area contributed by atoms with Gasteiger partial charge in [0.15, 0.2) is 0 Å². The first-order valence-electron chi connectivity index (χ1n) is 4.94. The van der Waals surface area contributed by atoms with E-state index in [-0.39, 0.29) is 18.3 Å². The first-order valence-corrected chi connectivity index (χ1v) is 4.94. The number of esters is 1. The molecule has 0 saturated heterocycles. The van der Waals surface area contributed by atoms with E-state index in [9.17, 15) is 4.79 Å². The molecular weight excluding hydrogens is 188 g/mol. The molecule has 1 aromatic rings. The molecule has 0 aliphatic carbocycles. The van der Waals surface area contributed by atoms with Gasteiger partial charge in [-0.25, -0.2) is 0 Å². The van der Waals surface area contributed by atoms with Crippen LogP contribution in [0, 0.1) is 12.3 Å². The van der Waals surface area contributed by atoms with Gasteiger partial charge in [-0.2, -0.15) is 0 Å². The summed E-state index contributed by atoms with van der Waals surface area (Å²) in [5, 5.41) is 0. The van der Waals surface area contributed by atoms with Gasteiger partial charge < -0.3 is 4.74 Å². The fourth-order valence-electron chi connectivity index (χ4n) is 1.34. The van der Waals surface area contributed by atoms with Crippen LogP contribution >= 0.6 is 0 Å². The number of terminal acetylenes is 1. The first-order chi connectivity index (χ1) is 7.27. The largest absolute Gasteiger partial charge is 0.466 e. The van der Waals surface area contributed by atoms with Crippen LogP contribution in [0.4, 0.5) is 0 Å². The van der Waals surface area contributed by atoms with Gasteiger partial charge in [0.2, 0.25) is 0 Å². The molecule has 1 rings (SSSR count). The molecule has 0 N–H and O–H groups in total.